The lowest BCUT2D eigenvalue weighted by molar-refractivity contribution is 0.0695. The lowest BCUT2D eigenvalue weighted by Gasteiger charge is -2.14. The van der Waals surface area contributed by atoms with Crippen LogP contribution in [0.1, 0.15) is 35.7 Å². The van der Waals surface area contributed by atoms with Crippen LogP contribution in [0.4, 0.5) is 0 Å². The predicted octanol–water partition coefficient (Wildman–Crippen LogP) is 2.89. The second-order valence-electron chi connectivity index (χ2n) is 3.84. The minimum absolute atomic E-state index is 0.000231. The summed E-state index contributed by atoms with van der Waals surface area (Å²) in [7, 11) is 0. The highest BCUT2D eigenvalue weighted by atomic mass is 35.5. The number of benzene rings is 1. The molecule has 0 spiro atoms. The van der Waals surface area contributed by atoms with Crippen LogP contribution >= 0.6 is 11.6 Å². The molecule has 0 fully saturated rings. The van der Waals surface area contributed by atoms with E-state index >= 15 is 0 Å². The molecule has 1 aliphatic heterocycles. The molecule has 1 aromatic carbocycles. The molecule has 0 radical (unpaired) electrons. The molecule has 1 heterocycles. The van der Waals surface area contributed by atoms with Crippen molar-refractivity contribution in [3.8, 4) is 11.5 Å². The highest BCUT2D eigenvalue weighted by Crippen LogP contribution is 2.44. The van der Waals surface area contributed by atoms with Gasteiger partial charge in [-0.3, -0.25) is 0 Å². The van der Waals surface area contributed by atoms with Gasteiger partial charge in [-0.05, 0) is 5.92 Å². The van der Waals surface area contributed by atoms with Crippen LogP contribution in [0, 0.1) is 0 Å². The van der Waals surface area contributed by atoms with E-state index < -0.39 is 5.97 Å². The number of hydrogen-bond donors (Lipinski definition) is 1. The third kappa shape index (κ3) is 1.59. The van der Waals surface area contributed by atoms with Crippen LogP contribution < -0.4 is 9.47 Å². The van der Waals surface area contributed by atoms with Gasteiger partial charge in [-0.25, -0.2) is 4.79 Å². The number of carbonyl (C=O) groups is 1. The summed E-state index contributed by atoms with van der Waals surface area (Å²) in [6.45, 7) is 3.88. The molecule has 0 aromatic heterocycles. The molecule has 2 rings (SSSR count). The van der Waals surface area contributed by atoms with Crippen LogP contribution in [0.25, 0.3) is 0 Å². The number of halogens is 1. The van der Waals surface area contributed by atoms with E-state index in [0.717, 1.165) is 0 Å². The summed E-state index contributed by atoms with van der Waals surface area (Å²) in [5.41, 5.74) is 0.688. The van der Waals surface area contributed by atoms with Crippen molar-refractivity contribution < 1.29 is 19.4 Å². The summed E-state index contributed by atoms with van der Waals surface area (Å²) in [5, 5.41) is 9.33. The van der Waals surface area contributed by atoms with E-state index in [1.165, 1.54) is 6.07 Å². The van der Waals surface area contributed by atoms with Crippen LogP contribution in [0.5, 0.6) is 11.5 Å². The van der Waals surface area contributed by atoms with Crippen molar-refractivity contribution in [3.63, 3.8) is 0 Å². The molecule has 0 saturated carbocycles. The van der Waals surface area contributed by atoms with Gasteiger partial charge in [0.1, 0.15) is 0 Å². The zero-order valence-corrected chi connectivity index (χ0v) is 9.67. The number of hydrogen-bond acceptors (Lipinski definition) is 3. The maximum absolute atomic E-state index is 11.2. The van der Waals surface area contributed by atoms with Crippen LogP contribution in [0.2, 0.25) is 5.02 Å². The summed E-state index contributed by atoms with van der Waals surface area (Å²) >= 11 is 5.94. The summed E-state index contributed by atoms with van der Waals surface area (Å²) in [6.07, 6.45) is 0. The van der Waals surface area contributed by atoms with Crippen LogP contribution in [-0.2, 0) is 0 Å². The summed E-state index contributed by atoms with van der Waals surface area (Å²) in [6, 6.07) is 1.49. The number of ether oxygens (including phenoxy) is 2. The Balaban J connectivity index is 2.73. The molecule has 5 heteroatoms. The fourth-order valence-corrected chi connectivity index (χ4v) is 2.09. The van der Waals surface area contributed by atoms with Gasteiger partial charge in [-0.2, -0.15) is 0 Å². The van der Waals surface area contributed by atoms with Gasteiger partial charge >= 0.3 is 5.97 Å². The van der Waals surface area contributed by atoms with Gasteiger partial charge in [-0.15, -0.1) is 0 Å². The predicted molar refractivity (Wildman–Crippen MR) is 58.6 cm³/mol. The van der Waals surface area contributed by atoms with Gasteiger partial charge in [0, 0.05) is 11.6 Å². The fourth-order valence-electron chi connectivity index (χ4n) is 1.80. The number of fused-ring (bicyclic) bond motifs is 1. The highest BCUT2D eigenvalue weighted by molar-refractivity contribution is 6.34. The van der Waals surface area contributed by atoms with Crippen molar-refractivity contribution in [2.45, 2.75) is 19.8 Å². The van der Waals surface area contributed by atoms with E-state index in [2.05, 4.69) is 0 Å². The Morgan fingerprint density at radius 1 is 1.50 bits per heavy atom. The molecule has 0 saturated heterocycles. The Bertz CT molecular complexity index is 454. The third-order valence-electron chi connectivity index (χ3n) is 2.44. The Morgan fingerprint density at radius 3 is 2.75 bits per heavy atom. The van der Waals surface area contributed by atoms with Gasteiger partial charge in [0.15, 0.2) is 11.5 Å². The maximum atomic E-state index is 11.2. The largest absolute Gasteiger partial charge is 0.478 e. The first-order valence-corrected chi connectivity index (χ1v) is 5.25. The number of aromatic carboxylic acids is 1. The second-order valence-corrected chi connectivity index (χ2v) is 4.25. The Kier molecular flexibility index (Phi) is 2.68. The SMILES string of the molecule is CC(C)c1c2c(cc(Cl)c1C(=O)O)OCO2. The van der Waals surface area contributed by atoms with Crippen LogP contribution in [0.15, 0.2) is 6.07 Å². The molecular formula is C11H11ClO4. The lowest BCUT2D eigenvalue weighted by Crippen LogP contribution is -2.06. The second kappa shape index (κ2) is 3.87. The molecule has 0 bridgehead atoms. The molecular weight excluding hydrogens is 232 g/mol. The van der Waals surface area contributed by atoms with E-state index in [4.69, 9.17) is 26.2 Å². The molecule has 0 unspecified atom stereocenters. The lowest BCUT2D eigenvalue weighted by atomic mass is 9.95. The topological polar surface area (TPSA) is 55.8 Å². The molecule has 1 N–H and O–H groups in total. The Morgan fingerprint density at radius 2 is 2.19 bits per heavy atom. The average Bonchev–Trinajstić information content (AvgIpc) is 2.61. The summed E-state index contributed by atoms with van der Waals surface area (Å²) < 4.78 is 10.5. The van der Waals surface area contributed by atoms with Gasteiger partial charge in [-0.1, -0.05) is 25.4 Å². The molecule has 1 aliphatic rings. The smallest absolute Gasteiger partial charge is 0.337 e. The standard InChI is InChI=1S/C11H11ClO4/c1-5(2)8-9(11(13)14)6(12)3-7-10(8)16-4-15-7/h3,5H,4H2,1-2H3,(H,13,14). The molecule has 0 aliphatic carbocycles. The molecule has 1 aromatic rings. The molecule has 0 amide bonds. The number of carboxylic acid groups (broad SMARTS) is 1. The normalized spacial score (nSPS) is 13.2. The van der Waals surface area contributed by atoms with Gasteiger partial charge < -0.3 is 14.6 Å². The average molecular weight is 243 g/mol. The van der Waals surface area contributed by atoms with Gasteiger partial charge in [0.05, 0.1) is 10.6 Å². The van der Waals surface area contributed by atoms with Crippen molar-refractivity contribution in [3.05, 3.63) is 22.2 Å². The number of rotatable bonds is 2. The minimum Gasteiger partial charge on any atom is -0.478 e. The summed E-state index contributed by atoms with van der Waals surface area (Å²) in [4.78, 5) is 11.2. The van der Waals surface area contributed by atoms with Crippen molar-refractivity contribution in [2.24, 2.45) is 0 Å². The Hall–Kier alpha value is -1.42. The first-order chi connectivity index (χ1) is 7.52. The molecule has 0 atom stereocenters. The van der Waals surface area contributed by atoms with Gasteiger partial charge in [0.2, 0.25) is 6.79 Å². The van der Waals surface area contributed by atoms with Crippen molar-refractivity contribution in [1.82, 2.24) is 0 Å². The first-order valence-electron chi connectivity index (χ1n) is 4.87. The third-order valence-corrected chi connectivity index (χ3v) is 2.74. The minimum atomic E-state index is -1.05. The Labute approximate surface area is 97.7 Å². The zero-order chi connectivity index (χ0) is 11.9. The first kappa shape index (κ1) is 11.1. The van der Waals surface area contributed by atoms with E-state index in [1.807, 2.05) is 13.8 Å². The van der Waals surface area contributed by atoms with E-state index in [1.54, 1.807) is 0 Å². The molecule has 86 valence electrons. The highest BCUT2D eigenvalue weighted by Gasteiger charge is 2.28. The van der Waals surface area contributed by atoms with Crippen LogP contribution in [0.3, 0.4) is 0 Å². The van der Waals surface area contributed by atoms with Crippen molar-refractivity contribution in [2.75, 3.05) is 6.79 Å². The van der Waals surface area contributed by atoms with Crippen molar-refractivity contribution in [1.29, 1.82) is 0 Å². The molecule has 16 heavy (non-hydrogen) atoms. The van der Waals surface area contributed by atoms with E-state index in [0.29, 0.717) is 17.1 Å². The van der Waals surface area contributed by atoms with E-state index in [-0.39, 0.29) is 23.3 Å². The maximum Gasteiger partial charge on any atom is 0.337 e. The monoisotopic (exact) mass is 242 g/mol. The van der Waals surface area contributed by atoms with E-state index in [9.17, 15) is 4.79 Å². The number of carboxylic acids is 1. The fraction of sp³-hybridized carbons (Fsp3) is 0.364. The zero-order valence-electron chi connectivity index (χ0n) is 8.91. The van der Waals surface area contributed by atoms with Crippen LogP contribution in [-0.4, -0.2) is 17.9 Å². The van der Waals surface area contributed by atoms with Gasteiger partial charge in [0.25, 0.3) is 0 Å². The molecule has 4 nitrogen and oxygen atoms in total. The summed E-state index contributed by atoms with van der Waals surface area (Å²) in [5.74, 6) is -0.0391. The van der Waals surface area contributed by atoms with Crippen molar-refractivity contribution >= 4 is 17.6 Å². The quantitative estimate of drug-likeness (QED) is 0.866.